The largest absolute Gasteiger partial charge is 0.483 e. The van der Waals surface area contributed by atoms with Crippen LogP contribution in [-0.4, -0.2) is 174 Å². The first-order valence-electron chi connectivity index (χ1n) is 25.4. The van der Waals surface area contributed by atoms with E-state index < -0.39 is 95.5 Å². The van der Waals surface area contributed by atoms with Gasteiger partial charge >= 0.3 is 5.97 Å². The van der Waals surface area contributed by atoms with E-state index >= 15 is 0 Å². The van der Waals surface area contributed by atoms with Crippen LogP contribution in [0.1, 0.15) is 131 Å². The summed E-state index contributed by atoms with van der Waals surface area (Å²) in [7, 11) is 3.39. The van der Waals surface area contributed by atoms with Gasteiger partial charge < -0.3 is 74.4 Å². The highest BCUT2D eigenvalue weighted by atomic mass is 16.7. The standard InChI is InChI=1S/C51H88N4O13/c1-14-22-53-29-51(61)35(8)64-40(27-49(51,10)62-13)67-41-32(5)44(48(9,59)26-30(3)28-54-34(7)43(56)50(11,60)39(15-2)66-46(58)33(41)6)68-47-42(38(52-12)25-31(4)63-47)65-37-20-18-36(19-21-37)45(57)55-23-16-17-24-55/h18-21,30-35,38-44,47,52-54,56,59-61H,14-17,22-29H2,1-13H3/t30-,31-,32+,33-,34-,35+,38+,39-,40+,41+,42-,43-,44-,47+,48-,49-,50-,51+/m1/s1. The summed E-state index contributed by atoms with van der Waals surface area (Å²) in [5.41, 5.74) is -5.49. The van der Waals surface area contributed by atoms with E-state index in [0.29, 0.717) is 30.8 Å². The number of nitrogens with one attached hydrogen (secondary N) is 3. The second kappa shape index (κ2) is 23.8. The van der Waals surface area contributed by atoms with Gasteiger partial charge in [-0.1, -0.05) is 27.7 Å². The van der Waals surface area contributed by atoms with Gasteiger partial charge in [0.15, 0.2) is 18.7 Å². The molecule has 4 aliphatic heterocycles. The van der Waals surface area contributed by atoms with Crippen LogP contribution in [0.2, 0.25) is 0 Å². The summed E-state index contributed by atoms with van der Waals surface area (Å²) in [6.45, 7) is 22.5. The molecule has 68 heavy (non-hydrogen) atoms. The molecule has 4 fully saturated rings. The lowest BCUT2D eigenvalue weighted by atomic mass is 9.75. The average Bonchev–Trinajstić information content (AvgIpc) is 3.85. The van der Waals surface area contributed by atoms with Crippen molar-refractivity contribution in [3.63, 3.8) is 0 Å². The summed E-state index contributed by atoms with van der Waals surface area (Å²) < 4.78 is 46.3. The molecule has 4 aliphatic rings. The van der Waals surface area contributed by atoms with E-state index in [0.717, 1.165) is 32.4 Å². The molecule has 390 valence electrons. The third kappa shape index (κ3) is 12.7. The number of nitrogens with zero attached hydrogens (tertiary/aromatic N) is 1. The van der Waals surface area contributed by atoms with Crippen molar-refractivity contribution in [1.29, 1.82) is 0 Å². The van der Waals surface area contributed by atoms with E-state index in [9.17, 15) is 30.0 Å². The number of amides is 1. The molecule has 7 N–H and O–H groups in total. The zero-order chi connectivity index (χ0) is 50.4. The molecule has 0 aromatic heterocycles. The Bertz CT molecular complexity index is 1750. The van der Waals surface area contributed by atoms with Crippen molar-refractivity contribution in [1.82, 2.24) is 20.9 Å². The molecular formula is C51H88N4O13. The van der Waals surface area contributed by atoms with E-state index in [-0.39, 0.29) is 49.8 Å². The zero-order valence-electron chi connectivity index (χ0n) is 43.3. The molecule has 18 atom stereocenters. The lowest BCUT2D eigenvalue weighted by Gasteiger charge is -2.53. The van der Waals surface area contributed by atoms with Crippen LogP contribution in [-0.2, 0) is 33.2 Å². The minimum Gasteiger partial charge on any atom is -0.483 e. The monoisotopic (exact) mass is 965 g/mol. The smallest absolute Gasteiger partial charge is 0.311 e. The Labute approximate surface area is 406 Å². The molecule has 5 rings (SSSR count). The van der Waals surface area contributed by atoms with Gasteiger partial charge in [-0.3, -0.25) is 9.59 Å². The summed E-state index contributed by atoms with van der Waals surface area (Å²) in [6.07, 6.45) is -4.55. The topological polar surface area (TPSA) is 219 Å². The molecule has 1 aromatic carbocycles. The molecule has 0 aliphatic carbocycles. The van der Waals surface area contributed by atoms with Crippen molar-refractivity contribution < 1.29 is 63.2 Å². The highest BCUT2D eigenvalue weighted by molar-refractivity contribution is 5.94. The lowest BCUT2D eigenvalue weighted by molar-refractivity contribution is -0.335. The second-order valence-corrected chi connectivity index (χ2v) is 21.2. The predicted octanol–water partition coefficient (Wildman–Crippen LogP) is 3.91. The van der Waals surface area contributed by atoms with Gasteiger partial charge in [-0.25, -0.2) is 0 Å². The summed E-state index contributed by atoms with van der Waals surface area (Å²) in [5, 5.41) is 58.6. The van der Waals surface area contributed by atoms with E-state index in [1.54, 1.807) is 66.0 Å². The molecule has 0 spiro atoms. The Morgan fingerprint density at radius 3 is 2.21 bits per heavy atom. The Hall–Kier alpha value is -2.52. The van der Waals surface area contributed by atoms with Gasteiger partial charge in [0.25, 0.3) is 5.91 Å². The van der Waals surface area contributed by atoms with Crippen molar-refractivity contribution in [2.45, 2.75) is 211 Å². The van der Waals surface area contributed by atoms with Gasteiger partial charge in [-0.2, -0.15) is 0 Å². The van der Waals surface area contributed by atoms with Crippen LogP contribution in [0.15, 0.2) is 24.3 Å². The number of likely N-dealkylation sites (N-methyl/N-ethyl adjacent to an activating group) is 1. The maximum atomic E-state index is 14.6. The fourth-order valence-corrected chi connectivity index (χ4v) is 11.1. The normalized spacial score (nSPS) is 42.5. The maximum Gasteiger partial charge on any atom is 0.311 e. The molecular weight excluding hydrogens is 877 g/mol. The number of carbonyl (C=O) groups is 2. The number of aliphatic hydroxyl groups is 4. The van der Waals surface area contributed by atoms with Gasteiger partial charge in [0.1, 0.15) is 34.8 Å². The molecule has 4 saturated heterocycles. The number of hydrogen-bond acceptors (Lipinski definition) is 16. The molecule has 17 heteroatoms. The van der Waals surface area contributed by atoms with Crippen LogP contribution in [0, 0.1) is 17.8 Å². The maximum absolute atomic E-state index is 14.6. The minimum absolute atomic E-state index is 0.0148. The van der Waals surface area contributed by atoms with E-state index in [4.69, 9.17) is 33.2 Å². The van der Waals surface area contributed by atoms with Gasteiger partial charge in [-0.15, -0.1) is 0 Å². The summed E-state index contributed by atoms with van der Waals surface area (Å²) in [6, 6.07) is 6.21. The molecule has 17 nitrogen and oxygen atoms in total. The number of benzene rings is 1. The van der Waals surface area contributed by atoms with Crippen molar-refractivity contribution >= 4 is 11.9 Å². The molecule has 0 saturated carbocycles. The number of rotatable bonds is 14. The number of esters is 1. The third-order valence-corrected chi connectivity index (χ3v) is 15.5. The number of likely N-dealkylation sites (tertiary alicyclic amines) is 1. The molecule has 1 amide bonds. The SMILES string of the molecule is CCCNC[C@]1(O)[C@H](C)O[C@@H](O[C@H]2[C@H](C)[C@@H](O[C@@H]3O[C@H](C)C[C@H](NC)[C@H]3Oc3ccc(C(=O)N4CCCC4)cc3)[C@](C)(O)C[C@@H](C)CN[C@H](C)[C@@H](O)[C@](C)(O)[C@@H](CC)OC(=O)[C@@H]2C)C[C@@]1(C)OC. The van der Waals surface area contributed by atoms with Crippen molar-refractivity contribution in [2.24, 2.45) is 17.8 Å². The highest BCUT2D eigenvalue weighted by Gasteiger charge is 2.58. The molecule has 1 aromatic rings. The van der Waals surface area contributed by atoms with Gasteiger partial charge in [0.2, 0.25) is 0 Å². The Morgan fingerprint density at radius 2 is 1.60 bits per heavy atom. The van der Waals surface area contributed by atoms with Crippen LogP contribution in [0.5, 0.6) is 5.75 Å². The van der Waals surface area contributed by atoms with Crippen LogP contribution < -0.4 is 20.7 Å². The number of cyclic esters (lactones) is 1. The zero-order valence-corrected chi connectivity index (χ0v) is 43.3. The van der Waals surface area contributed by atoms with Crippen LogP contribution in [0.4, 0.5) is 0 Å². The molecule has 0 unspecified atom stereocenters. The quantitative estimate of drug-likeness (QED) is 0.104. The average molecular weight is 965 g/mol. The summed E-state index contributed by atoms with van der Waals surface area (Å²) in [5.74, 6) is -2.26. The number of aliphatic hydroxyl groups excluding tert-OH is 1. The number of ether oxygens (including phenoxy) is 7. The molecule has 4 heterocycles. The Balaban J connectivity index is 1.57. The van der Waals surface area contributed by atoms with E-state index in [1.807, 2.05) is 46.6 Å². The first-order valence-corrected chi connectivity index (χ1v) is 25.4. The first-order chi connectivity index (χ1) is 32.0. The number of hydrogen-bond donors (Lipinski definition) is 7. The van der Waals surface area contributed by atoms with Crippen LogP contribution in [0.3, 0.4) is 0 Å². The van der Waals surface area contributed by atoms with E-state index in [2.05, 4.69) is 16.0 Å². The van der Waals surface area contributed by atoms with Crippen LogP contribution in [0.25, 0.3) is 0 Å². The molecule has 0 bridgehead atoms. The highest BCUT2D eigenvalue weighted by Crippen LogP contribution is 2.43. The Morgan fingerprint density at radius 1 is 0.941 bits per heavy atom. The lowest BCUT2D eigenvalue weighted by Crippen LogP contribution is -2.70. The Kier molecular flexibility index (Phi) is 19.7. The van der Waals surface area contributed by atoms with E-state index in [1.165, 1.54) is 6.92 Å². The fourth-order valence-electron chi connectivity index (χ4n) is 11.1. The van der Waals surface area contributed by atoms with Crippen LogP contribution >= 0.6 is 0 Å². The second-order valence-electron chi connectivity index (χ2n) is 21.2. The first kappa shape index (κ1) is 56.4. The molecule has 0 radical (unpaired) electrons. The van der Waals surface area contributed by atoms with Crippen molar-refractivity contribution in [3.8, 4) is 5.75 Å². The number of carbonyl (C=O) groups excluding carboxylic acids is 2. The van der Waals surface area contributed by atoms with Gasteiger partial charge in [0, 0.05) is 50.7 Å². The van der Waals surface area contributed by atoms with Crippen molar-refractivity contribution in [3.05, 3.63) is 29.8 Å². The summed E-state index contributed by atoms with van der Waals surface area (Å²) >= 11 is 0. The minimum atomic E-state index is -1.84. The number of methoxy groups -OCH3 is 1. The van der Waals surface area contributed by atoms with Crippen molar-refractivity contribution in [2.75, 3.05) is 46.9 Å². The summed E-state index contributed by atoms with van der Waals surface area (Å²) in [4.78, 5) is 29.7. The fraction of sp³-hybridized carbons (Fsp3) is 0.843. The van der Waals surface area contributed by atoms with Gasteiger partial charge in [-0.05, 0) is 137 Å². The predicted molar refractivity (Wildman–Crippen MR) is 257 cm³/mol. The van der Waals surface area contributed by atoms with Gasteiger partial charge in [0.05, 0.1) is 42.0 Å². The third-order valence-electron chi connectivity index (χ3n) is 15.5.